The van der Waals surface area contributed by atoms with Crippen molar-refractivity contribution in [2.45, 2.75) is 19.9 Å². The van der Waals surface area contributed by atoms with E-state index in [4.69, 9.17) is 4.74 Å². The molecule has 0 N–H and O–H groups in total. The van der Waals surface area contributed by atoms with Gasteiger partial charge in [0.2, 0.25) is 0 Å². The minimum atomic E-state index is 0.00547. The van der Waals surface area contributed by atoms with Crippen LogP contribution < -0.4 is 4.74 Å². The van der Waals surface area contributed by atoms with Crippen LogP contribution in [0.1, 0.15) is 23.7 Å². The first-order chi connectivity index (χ1) is 9.16. The van der Waals surface area contributed by atoms with Gasteiger partial charge in [-0.2, -0.15) is 0 Å². The van der Waals surface area contributed by atoms with Crippen LogP contribution in [-0.2, 0) is 6.54 Å². The third kappa shape index (κ3) is 3.92. The van der Waals surface area contributed by atoms with Gasteiger partial charge in [0.1, 0.15) is 5.75 Å². The average Bonchev–Trinajstić information content (AvgIpc) is 2.89. The summed E-state index contributed by atoms with van der Waals surface area (Å²) in [7, 11) is 0. The van der Waals surface area contributed by atoms with Crippen LogP contribution in [0.25, 0.3) is 0 Å². The second-order valence-electron chi connectivity index (χ2n) is 4.20. The molecule has 0 saturated heterocycles. The van der Waals surface area contributed by atoms with Gasteiger partial charge < -0.3 is 9.30 Å². The maximum atomic E-state index is 11.5. The number of rotatable bonds is 6. The molecule has 0 spiro atoms. The Morgan fingerprint density at radius 3 is 3.00 bits per heavy atom. The largest absolute Gasteiger partial charge is 0.493 e. The van der Waals surface area contributed by atoms with Crippen LogP contribution in [-0.4, -0.2) is 21.9 Å². The molecule has 2 aromatic rings. The summed E-state index contributed by atoms with van der Waals surface area (Å²) < 4.78 is 8.55. The predicted molar refractivity (Wildman–Crippen MR) is 76.5 cm³/mol. The molecule has 0 atom stereocenters. The minimum absolute atomic E-state index is 0.00547. The molecule has 0 aliphatic carbocycles. The normalized spacial score (nSPS) is 10.4. The summed E-state index contributed by atoms with van der Waals surface area (Å²) in [6.07, 6.45) is 6.31. The molecule has 0 saturated carbocycles. The van der Waals surface area contributed by atoms with Crippen molar-refractivity contribution in [3.63, 3.8) is 0 Å². The third-order valence-corrected chi connectivity index (χ3v) is 3.19. The summed E-state index contributed by atoms with van der Waals surface area (Å²) in [5.41, 5.74) is 0.608. The zero-order valence-electron chi connectivity index (χ0n) is 10.7. The second kappa shape index (κ2) is 6.52. The van der Waals surface area contributed by atoms with Gasteiger partial charge in [0.25, 0.3) is 0 Å². The fourth-order valence-corrected chi connectivity index (χ4v) is 2.11. The molecule has 0 aliphatic heterocycles. The van der Waals surface area contributed by atoms with E-state index in [9.17, 15) is 4.79 Å². The van der Waals surface area contributed by atoms with Gasteiger partial charge in [-0.1, -0.05) is 15.9 Å². The van der Waals surface area contributed by atoms with E-state index < -0.39 is 0 Å². The Balaban J connectivity index is 1.90. The molecule has 2 rings (SSSR count). The van der Waals surface area contributed by atoms with Crippen molar-refractivity contribution in [3.05, 3.63) is 47.0 Å². The van der Waals surface area contributed by atoms with Gasteiger partial charge in [0, 0.05) is 23.4 Å². The van der Waals surface area contributed by atoms with E-state index in [0.717, 1.165) is 17.4 Å². The topological polar surface area (TPSA) is 44.1 Å². The van der Waals surface area contributed by atoms with Crippen LogP contribution in [0.4, 0.5) is 0 Å². The van der Waals surface area contributed by atoms with Gasteiger partial charge in [-0.15, -0.1) is 0 Å². The Labute approximate surface area is 120 Å². The van der Waals surface area contributed by atoms with Crippen molar-refractivity contribution in [3.8, 4) is 5.75 Å². The highest BCUT2D eigenvalue weighted by molar-refractivity contribution is 9.10. The first-order valence-corrected chi connectivity index (χ1v) is 6.85. The lowest BCUT2D eigenvalue weighted by atomic mass is 10.1. The van der Waals surface area contributed by atoms with E-state index in [1.54, 1.807) is 25.5 Å². The Kier molecular flexibility index (Phi) is 4.74. The smallest absolute Gasteiger partial charge is 0.163 e. The fraction of sp³-hybridized carbons (Fsp3) is 0.286. The number of hydrogen-bond donors (Lipinski definition) is 0. The number of halogens is 1. The number of carbonyl (C=O) groups excluding carboxylic acids is 1. The highest BCUT2D eigenvalue weighted by atomic mass is 79.9. The number of benzene rings is 1. The van der Waals surface area contributed by atoms with E-state index >= 15 is 0 Å². The van der Waals surface area contributed by atoms with Crippen molar-refractivity contribution < 1.29 is 9.53 Å². The molecule has 100 valence electrons. The van der Waals surface area contributed by atoms with E-state index in [2.05, 4.69) is 20.9 Å². The molecule has 0 unspecified atom stereocenters. The number of hydrogen-bond acceptors (Lipinski definition) is 3. The molecule has 1 aromatic heterocycles. The van der Waals surface area contributed by atoms with Crippen molar-refractivity contribution in [2.24, 2.45) is 0 Å². The predicted octanol–water partition coefficient (Wildman–Crippen LogP) is 3.32. The number of Topliss-reactive ketones (excluding diaryl/α,β-unsaturated/α-hetero) is 1. The highest BCUT2D eigenvalue weighted by Crippen LogP contribution is 2.23. The number of ether oxygens (including phenoxy) is 1. The van der Waals surface area contributed by atoms with E-state index in [1.807, 2.05) is 22.9 Å². The lowest BCUT2D eigenvalue weighted by Crippen LogP contribution is -2.06. The molecule has 0 radical (unpaired) electrons. The van der Waals surface area contributed by atoms with Gasteiger partial charge >= 0.3 is 0 Å². The van der Waals surface area contributed by atoms with E-state index in [-0.39, 0.29) is 5.78 Å². The number of aryl methyl sites for hydroxylation is 1. The Morgan fingerprint density at radius 1 is 1.47 bits per heavy atom. The summed E-state index contributed by atoms with van der Waals surface area (Å²) in [5, 5.41) is 0. The Morgan fingerprint density at radius 2 is 2.32 bits per heavy atom. The first kappa shape index (κ1) is 13.8. The summed E-state index contributed by atoms with van der Waals surface area (Å²) in [5.74, 6) is 0.646. The molecule has 19 heavy (non-hydrogen) atoms. The molecule has 4 nitrogen and oxygen atoms in total. The number of ketones is 1. The second-order valence-corrected chi connectivity index (χ2v) is 5.11. The van der Waals surface area contributed by atoms with Gasteiger partial charge in [-0.05, 0) is 31.5 Å². The summed E-state index contributed by atoms with van der Waals surface area (Å²) in [6.45, 7) is 2.96. The van der Waals surface area contributed by atoms with Crippen LogP contribution in [0, 0.1) is 0 Å². The molecule has 0 bridgehead atoms. The van der Waals surface area contributed by atoms with Crippen molar-refractivity contribution >= 4 is 21.7 Å². The van der Waals surface area contributed by atoms with Crippen LogP contribution in [0.2, 0.25) is 0 Å². The maximum absolute atomic E-state index is 11.5. The lowest BCUT2D eigenvalue weighted by molar-refractivity contribution is 0.101. The molecular formula is C14H15BrN2O2. The van der Waals surface area contributed by atoms with Crippen LogP contribution in [0.15, 0.2) is 41.4 Å². The minimum Gasteiger partial charge on any atom is -0.493 e. The molecular weight excluding hydrogens is 308 g/mol. The third-order valence-electron chi connectivity index (χ3n) is 2.70. The van der Waals surface area contributed by atoms with Crippen LogP contribution >= 0.6 is 15.9 Å². The zero-order chi connectivity index (χ0) is 13.7. The molecule has 5 heteroatoms. The van der Waals surface area contributed by atoms with E-state index in [0.29, 0.717) is 17.9 Å². The lowest BCUT2D eigenvalue weighted by Gasteiger charge is -2.10. The molecule has 0 aliphatic rings. The van der Waals surface area contributed by atoms with Gasteiger partial charge in [0.05, 0.1) is 18.5 Å². The first-order valence-electron chi connectivity index (χ1n) is 6.06. The molecule has 0 fully saturated rings. The average molecular weight is 323 g/mol. The van der Waals surface area contributed by atoms with Crippen molar-refractivity contribution in [1.82, 2.24) is 9.55 Å². The van der Waals surface area contributed by atoms with Gasteiger partial charge in [0.15, 0.2) is 5.78 Å². The molecule has 1 heterocycles. The Hall–Kier alpha value is -1.62. The zero-order valence-corrected chi connectivity index (χ0v) is 12.3. The molecule has 1 aromatic carbocycles. The van der Waals surface area contributed by atoms with Crippen LogP contribution in [0.3, 0.4) is 0 Å². The quantitative estimate of drug-likeness (QED) is 0.605. The number of aromatic nitrogens is 2. The molecule has 0 amide bonds. The van der Waals surface area contributed by atoms with E-state index in [1.165, 1.54) is 0 Å². The highest BCUT2D eigenvalue weighted by Gasteiger charge is 2.08. The van der Waals surface area contributed by atoms with Crippen molar-refractivity contribution in [1.29, 1.82) is 0 Å². The van der Waals surface area contributed by atoms with Crippen molar-refractivity contribution in [2.75, 3.05) is 6.61 Å². The monoisotopic (exact) mass is 322 g/mol. The van der Waals surface area contributed by atoms with Gasteiger partial charge in [-0.25, -0.2) is 4.98 Å². The number of nitrogens with zero attached hydrogens (tertiary/aromatic N) is 2. The Bertz CT molecular complexity index is 553. The van der Waals surface area contributed by atoms with Crippen LogP contribution in [0.5, 0.6) is 5.75 Å². The summed E-state index contributed by atoms with van der Waals surface area (Å²) >= 11 is 3.35. The van der Waals surface area contributed by atoms with Gasteiger partial charge in [-0.3, -0.25) is 4.79 Å². The number of imidazole rings is 1. The summed E-state index contributed by atoms with van der Waals surface area (Å²) in [4.78, 5) is 15.5. The standard InChI is InChI=1S/C14H15BrN2O2/c1-11(18)13-9-12(15)3-4-14(13)19-8-2-6-17-7-5-16-10-17/h3-5,7,9-10H,2,6,8H2,1H3. The summed E-state index contributed by atoms with van der Waals surface area (Å²) in [6, 6.07) is 5.48. The fourth-order valence-electron chi connectivity index (χ4n) is 1.75. The maximum Gasteiger partial charge on any atom is 0.163 e. The SMILES string of the molecule is CC(=O)c1cc(Br)ccc1OCCCn1ccnc1. The number of carbonyl (C=O) groups is 1.